The number of aromatic amines is 1. The lowest BCUT2D eigenvalue weighted by molar-refractivity contribution is -0.267. The summed E-state index contributed by atoms with van der Waals surface area (Å²) in [6, 6.07) is 9.47. The van der Waals surface area contributed by atoms with Gasteiger partial charge in [0.05, 0.1) is 34.7 Å². The topological polar surface area (TPSA) is 93.2 Å². The van der Waals surface area contributed by atoms with Gasteiger partial charge in [-0.25, -0.2) is 0 Å². The second-order valence-corrected chi connectivity index (χ2v) is 5.71. The number of H-pyrrole nitrogens is 1. The molecule has 1 fully saturated rings. The molecule has 2 heterocycles. The van der Waals surface area contributed by atoms with Crippen molar-refractivity contribution < 1.29 is 27.8 Å². The van der Waals surface area contributed by atoms with Crippen LogP contribution in [0.2, 0.25) is 0 Å². The first-order valence-corrected chi connectivity index (χ1v) is 7.87. The van der Waals surface area contributed by atoms with E-state index in [9.17, 15) is 10.2 Å². The number of aromatic nitrogens is 1. The average Bonchev–Trinajstić information content (AvgIpc) is 2.97. The van der Waals surface area contributed by atoms with E-state index in [1.807, 2.05) is 30.3 Å². The maximum absolute atomic E-state index is 9.88. The number of rotatable bonds is 5. The first kappa shape index (κ1) is 17.0. The van der Waals surface area contributed by atoms with Gasteiger partial charge in [0.15, 0.2) is 30.5 Å². The number of para-hydroxylation sites is 1. The summed E-state index contributed by atoms with van der Waals surface area (Å²) < 4.78 is 21.0. The van der Waals surface area contributed by atoms with Crippen molar-refractivity contribution in [2.45, 2.75) is 30.7 Å². The molecule has 5 atom stereocenters. The summed E-state index contributed by atoms with van der Waals surface area (Å²) >= 11 is 8.35. The molecule has 0 spiro atoms. The molecule has 3 N–H and O–H groups in total. The number of benzene rings is 1. The number of aliphatic hydroxyl groups excluding tert-OH is 2. The third-order valence-electron chi connectivity index (χ3n) is 3.76. The van der Waals surface area contributed by atoms with Crippen LogP contribution in [0, 0.1) is 0 Å². The predicted molar refractivity (Wildman–Crippen MR) is 85.2 cm³/mol. The van der Waals surface area contributed by atoms with Gasteiger partial charge in [0.25, 0.3) is 0 Å². The van der Waals surface area contributed by atoms with Crippen LogP contribution in [0.25, 0.3) is 10.9 Å². The maximum atomic E-state index is 9.88. The van der Waals surface area contributed by atoms with Crippen LogP contribution in [-0.4, -0.2) is 52.5 Å². The lowest BCUT2D eigenvalue weighted by Crippen LogP contribution is -2.61. The highest BCUT2D eigenvalue weighted by molar-refractivity contribution is 9.06. The minimum Gasteiger partial charge on any atom is -0.470 e. The van der Waals surface area contributed by atoms with Crippen LogP contribution in [-0.2, 0) is 12.9 Å². The van der Waals surface area contributed by atoms with E-state index < -0.39 is 30.7 Å². The van der Waals surface area contributed by atoms with Gasteiger partial charge < -0.3 is 24.7 Å². The lowest BCUT2D eigenvalue weighted by atomic mass is 9.99. The summed E-state index contributed by atoms with van der Waals surface area (Å²) in [6.07, 6.45) is -4.75. The van der Waals surface area contributed by atoms with E-state index in [1.54, 1.807) is 0 Å². The number of ether oxygens (including phenoxy) is 2. The highest BCUT2D eigenvalue weighted by Gasteiger charge is 2.49. The van der Waals surface area contributed by atoms with Gasteiger partial charge in [0.1, 0.15) is 6.10 Å². The molecule has 1 aromatic carbocycles. The van der Waals surface area contributed by atoms with Crippen LogP contribution in [0.15, 0.2) is 30.3 Å². The summed E-state index contributed by atoms with van der Waals surface area (Å²) in [7, 11) is 0. The third kappa shape index (κ3) is 3.34. The standard InChI is InChI=1S/C14H15BrClNO6/c15-22-13-12(23-16)11(9(6-18)20-14(13)19)21-10-5-7-3-1-2-4-8(7)17-10/h1-5,9,11-14,17-19H,6H2/t9-,11-,12+,13-,14-/m1/s1. The van der Waals surface area contributed by atoms with E-state index in [0.29, 0.717) is 5.88 Å². The van der Waals surface area contributed by atoms with Crippen LogP contribution in [0.3, 0.4) is 0 Å². The maximum Gasteiger partial charge on any atom is 0.192 e. The first-order valence-electron chi connectivity index (χ1n) is 6.91. The van der Waals surface area contributed by atoms with E-state index in [-0.39, 0.29) is 6.61 Å². The molecule has 1 aliphatic heterocycles. The monoisotopic (exact) mass is 407 g/mol. The second kappa shape index (κ2) is 7.35. The van der Waals surface area contributed by atoms with Gasteiger partial charge in [0.2, 0.25) is 0 Å². The van der Waals surface area contributed by atoms with Crippen molar-refractivity contribution in [2.24, 2.45) is 0 Å². The van der Waals surface area contributed by atoms with Crippen LogP contribution in [0.1, 0.15) is 0 Å². The van der Waals surface area contributed by atoms with Crippen LogP contribution < -0.4 is 4.74 Å². The van der Waals surface area contributed by atoms with Crippen molar-refractivity contribution in [3.05, 3.63) is 30.3 Å². The molecule has 7 nitrogen and oxygen atoms in total. The normalized spacial score (nSPS) is 31.4. The molecule has 126 valence electrons. The smallest absolute Gasteiger partial charge is 0.192 e. The van der Waals surface area contributed by atoms with E-state index >= 15 is 0 Å². The zero-order valence-electron chi connectivity index (χ0n) is 11.8. The molecule has 23 heavy (non-hydrogen) atoms. The summed E-state index contributed by atoms with van der Waals surface area (Å²) in [5.74, 6) is 0.460. The number of nitrogens with one attached hydrogen (secondary N) is 1. The molecule has 0 amide bonds. The fraction of sp³-hybridized carbons (Fsp3) is 0.429. The Kier molecular flexibility index (Phi) is 5.42. The molecule has 0 radical (unpaired) electrons. The Morgan fingerprint density at radius 1 is 1.26 bits per heavy atom. The highest BCUT2D eigenvalue weighted by atomic mass is 79.9. The summed E-state index contributed by atoms with van der Waals surface area (Å²) in [6.45, 7) is -0.381. The van der Waals surface area contributed by atoms with E-state index in [1.165, 1.54) is 0 Å². The van der Waals surface area contributed by atoms with Gasteiger partial charge in [0, 0.05) is 17.0 Å². The van der Waals surface area contributed by atoms with E-state index in [4.69, 9.17) is 29.5 Å². The van der Waals surface area contributed by atoms with Crippen LogP contribution in [0.4, 0.5) is 0 Å². The Morgan fingerprint density at radius 2 is 2.04 bits per heavy atom. The van der Waals surface area contributed by atoms with Crippen molar-refractivity contribution in [3.63, 3.8) is 0 Å². The molecule has 1 saturated heterocycles. The minimum atomic E-state index is -1.32. The number of fused-ring (bicyclic) bond motifs is 1. The van der Waals surface area contributed by atoms with Gasteiger partial charge in [-0.3, -0.25) is 8.12 Å². The van der Waals surface area contributed by atoms with Crippen molar-refractivity contribution in [3.8, 4) is 5.88 Å². The summed E-state index contributed by atoms with van der Waals surface area (Å²) in [5.41, 5.74) is 0.899. The zero-order chi connectivity index (χ0) is 16.4. The number of halogens is 2. The summed E-state index contributed by atoms with van der Waals surface area (Å²) in [4.78, 5) is 3.10. The Balaban J connectivity index is 1.87. The Labute approximate surface area is 145 Å². The zero-order valence-corrected chi connectivity index (χ0v) is 14.1. The minimum absolute atomic E-state index is 0.381. The predicted octanol–water partition coefficient (Wildman–Crippen LogP) is 1.86. The second-order valence-electron chi connectivity index (χ2n) is 5.16. The Morgan fingerprint density at radius 3 is 2.70 bits per heavy atom. The number of aliphatic hydroxyl groups is 2. The molecular weight excluding hydrogens is 394 g/mol. The fourth-order valence-electron chi connectivity index (χ4n) is 2.64. The molecule has 0 saturated carbocycles. The van der Waals surface area contributed by atoms with Crippen molar-refractivity contribution in [1.82, 2.24) is 4.98 Å². The van der Waals surface area contributed by atoms with Gasteiger partial charge >= 0.3 is 0 Å². The van der Waals surface area contributed by atoms with Gasteiger partial charge in [-0.2, -0.15) is 0 Å². The quantitative estimate of drug-likeness (QED) is 0.699. The van der Waals surface area contributed by atoms with Crippen LogP contribution in [0.5, 0.6) is 5.88 Å². The largest absolute Gasteiger partial charge is 0.470 e. The first-order chi connectivity index (χ1) is 11.2. The molecule has 1 aliphatic rings. The van der Waals surface area contributed by atoms with E-state index in [0.717, 1.165) is 10.9 Å². The molecule has 9 heteroatoms. The molecule has 0 bridgehead atoms. The number of hydrogen-bond acceptors (Lipinski definition) is 6. The van der Waals surface area contributed by atoms with Crippen molar-refractivity contribution >= 4 is 39.0 Å². The number of hydrogen-bond donors (Lipinski definition) is 3. The molecule has 2 aromatic rings. The average molecular weight is 409 g/mol. The Bertz CT molecular complexity index is 622. The van der Waals surface area contributed by atoms with Gasteiger partial charge in [-0.05, 0) is 6.07 Å². The molecule has 0 unspecified atom stereocenters. The SMILES string of the molecule is OC[C@H]1O[C@@H](O)[C@H](OBr)[C@@H](OCl)[C@@H]1Oc1cc2ccccc2[nH]1. The molecule has 1 aromatic heterocycles. The molecule has 0 aliphatic carbocycles. The highest BCUT2D eigenvalue weighted by Crippen LogP contribution is 2.31. The third-order valence-corrected chi connectivity index (χ3v) is 4.40. The van der Waals surface area contributed by atoms with Gasteiger partial charge in [-0.1, -0.05) is 18.2 Å². The Hall–Kier alpha value is -0.870. The van der Waals surface area contributed by atoms with Crippen molar-refractivity contribution in [2.75, 3.05) is 6.61 Å². The fourth-order valence-corrected chi connectivity index (χ4v) is 3.24. The molecular formula is C14H15BrClNO6. The lowest BCUT2D eigenvalue weighted by Gasteiger charge is -2.41. The summed E-state index contributed by atoms with van der Waals surface area (Å²) in [5, 5.41) is 20.3. The van der Waals surface area contributed by atoms with Crippen molar-refractivity contribution in [1.29, 1.82) is 0 Å². The van der Waals surface area contributed by atoms with Gasteiger partial charge in [-0.15, -0.1) is 0 Å². The molecule has 3 rings (SSSR count). The van der Waals surface area contributed by atoms with E-state index in [2.05, 4.69) is 21.2 Å². The van der Waals surface area contributed by atoms with Crippen LogP contribution >= 0.6 is 28.1 Å².